The number of rotatable bonds is 11. The second-order valence-electron chi connectivity index (χ2n) is 10.1. The first-order valence-corrected chi connectivity index (χ1v) is 12.8. The third-order valence-corrected chi connectivity index (χ3v) is 8.89. The van der Waals surface area contributed by atoms with Crippen LogP contribution in [0.5, 0.6) is 11.5 Å². The van der Waals surface area contributed by atoms with Crippen molar-refractivity contribution in [3.8, 4) is 11.5 Å². The molecule has 32 heavy (non-hydrogen) atoms. The monoisotopic (exact) mass is 438 g/mol. The zero-order valence-corrected chi connectivity index (χ0v) is 21.7. The van der Waals surface area contributed by atoms with Crippen LogP contribution in [0.25, 0.3) is 0 Å². The molecule has 0 aromatic heterocycles. The Bertz CT molecular complexity index is 764. The van der Waals surface area contributed by atoms with Gasteiger partial charge < -0.3 is 10.2 Å². The lowest BCUT2D eigenvalue weighted by Crippen LogP contribution is -2.62. The van der Waals surface area contributed by atoms with E-state index in [2.05, 4.69) is 67.5 Å². The Kier molecular flexibility index (Phi) is 8.85. The summed E-state index contributed by atoms with van der Waals surface area (Å²) in [5.41, 5.74) is 2.03. The molecule has 0 spiro atoms. The fourth-order valence-electron chi connectivity index (χ4n) is 7.03. The second-order valence-corrected chi connectivity index (χ2v) is 10.1. The van der Waals surface area contributed by atoms with Gasteiger partial charge in [-0.2, -0.15) is 0 Å². The van der Waals surface area contributed by atoms with Crippen molar-refractivity contribution in [1.82, 2.24) is 0 Å². The SMILES string of the molecule is CCC(C)C(c1cccc(O)c1)(C(C)CC)C(c1cccc(O)c1)(C(C)CC)C(C)CC. The van der Waals surface area contributed by atoms with Crippen LogP contribution >= 0.6 is 0 Å². The molecule has 0 saturated heterocycles. The van der Waals surface area contributed by atoms with Crippen molar-refractivity contribution in [3.05, 3.63) is 59.7 Å². The van der Waals surface area contributed by atoms with Gasteiger partial charge in [-0.15, -0.1) is 0 Å². The Morgan fingerprint density at radius 1 is 0.562 bits per heavy atom. The summed E-state index contributed by atoms with van der Waals surface area (Å²) in [4.78, 5) is 0. The lowest BCUT2D eigenvalue weighted by molar-refractivity contribution is -0.0127. The van der Waals surface area contributed by atoms with Gasteiger partial charge in [0.1, 0.15) is 11.5 Å². The molecule has 0 saturated carbocycles. The van der Waals surface area contributed by atoms with Gasteiger partial charge in [0, 0.05) is 10.8 Å². The van der Waals surface area contributed by atoms with Gasteiger partial charge in [0.05, 0.1) is 0 Å². The van der Waals surface area contributed by atoms with Gasteiger partial charge in [0.2, 0.25) is 0 Å². The third kappa shape index (κ3) is 4.06. The lowest BCUT2D eigenvalue weighted by atomic mass is 9.40. The van der Waals surface area contributed by atoms with Crippen molar-refractivity contribution in [2.45, 2.75) is 91.9 Å². The van der Waals surface area contributed by atoms with E-state index in [1.165, 1.54) is 11.1 Å². The fraction of sp³-hybridized carbons (Fsp3) is 0.600. The van der Waals surface area contributed by atoms with E-state index in [0.29, 0.717) is 35.2 Å². The standard InChI is InChI=1S/C30H46O2/c1-9-21(5)29(22(6)10-2,25-15-13-17-27(31)19-25)30(23(7)11-3,24(8)12-4)26-16-14-18-28(32)20-26/h13-24,31-32H,9-12H2,1-8H3. The summed E-state index contributed by atoms with van der Waals surface area (Å²) in [6.07, 6.45) is 4.20. The topological polar surface area (TPSA) is 40.5 Å². The lowest BCUT2D eigenvalue weighted by Gasteiger charge is -2.63. The van der Waals surface area contributed by atoms with Crippen LogP contribution in [0.4, 0.5) is 0 Å². The zero-order valence-electron chi connectivity index (χ0n) is 21.7. The number of phenols is 2. The Balaban J connectivity index is 3.20. The average molecular weight is 439 g/mol. The minimum atomic E-state index is -0.214. The van der Waals surface area contributed by atoms with Crippen LogP contribution in [0, 0.1) is 23.7 Å². The van der Waals surface area contributed by atoms with E-state index in [0.717, 1.165) is 25.7 Å². The normalized spacial score (nSPS) is 19.4. The summed E-state index contributed by atoms with van der Waals surface area (Å²) in [5.74, 6) is 2.18. The van der Waals surface area contributed by atoms with E-state index in [9.17, 15) is 10.2 Å². The molecule has 178 valence electrons. The number of hydrogen-bond donors (Lipinski definition) is 2. The minimum absolute atomic E-state index is 0.214. The van der Waals surface area contributed by atoms with E-state index in [1.54, 1.807) is 12.1 Å². The van der Waals surface area contributed by atoms with E-state index < -0.39 is 0 Å². The highest BCUT2D eigenvalue weighted by molar-refractivity contribution is 5.46. The van der Waals surface area contributed by atoms with Crippen LogP contribution in [-0.2, 0) is 10.8 Å². The van der Waals surface area contributed by atoms with Crippen LogP contribution in [-0.4, -0.2) is 10.2 Å². The molecule has 0 fully saturated rings. The molecule has 0 amide bonds. The maximum atomic E-state index is 10.6. The summed E-state index contributed by atoms with van der Waals surface area (Å²) in [6.45, 7) is 18.8. The van der Waals surface area contributed by atoms with Crippen molar-refractivity contribution >= 4 is 0 Å². The van der Waals surface area contributed by atoms with E-state index in [1.807, 2.05) is 24.3 Å². The smallest absolute Gasteiger partial charge is 0.115 e. The number of phenolic OH excluding ortho intramolecular Hbond substituents is 2. The molecule has 4 atom stereocenters. The molecular formula is C30H46O2. The van der Waals surface area contributed by atoms with E-state index in [4.69, 9.17) is 0 Å². The highest BCUT2D eigenvalue weighted by Gasteiger charge is 2.61. The van der Waals surface area contributed by atoms with Gasteiger partial charge in [-0.3, -0.25) is 0 Å². The molecule has 0 radical (unpaired) electrons. The van der Waals surface area contributed by atoms with Gasteiger partial charge >= 0.3 is 0 Å². The predicted molar refractivity (Wildman–Crippen MR) is 137 cm³/mol. The van der Waals surface area contributed by atoms with Crippen LogP contribution < -0.4 is 0 Å². The average Bonchev–Trinajstić information content (AvgIpc) is 2.80. The Morgan fingerprint density at radius 3 is 1.06 bits per heavy atom. The first-order valence-electron chi connectivity index (χ1n) is 12.8. The fourth-order valence-corrected chi connectivity index (χ4v) is 7.03. The molecule has 2 nitrogen and oxygen atoms in total. The van der Waals surface area contributed by atoms with Crippen LogP contribution in [0.3, 0.4) is 0 Å². The van der Waals surface area contributed by atoms with Gasteiger partial charge in [-0.05, 0) is 59.1 Å². The zero-order chi connectivity index (χ0) is 24.1. The summed E-state index contributed by atoms with van der Waals surface area (Å²) < 4.78 is 0. The van der Waals surface area contributed by atoms with Gasteiger partial charge in [-0.1, -0.05) is 105 Å². The maximum absolute atomic E-state index is 10.6. The van der Waals surface area contributed by atoms with Crippen LogP contribution in [0.15, 0.2) is 48.5 Å². The van der Waals surface area contributed by atoms with Gasteiger partial charge in [-0.25, -0.2) is 0 Å². The van der Waals surface area contributed by atoms with Crippen molar-refractivity contribution in [2.24, 2.45) is 23.7 Å². The molecule has 0 aliphatic heterocycles. The van der Waals surface area contributed by atoms with Crippen LogP contribution in [0.1, 0.15) is 92.2 Å². The van der Waals surface area contributed by atoms with E-state index in [-0.39, 0.29) is 10.8 Å². The highest BCUT2D eigenvalue weighted by atomic mass is 16.3. The first kappa shape index (κ1) is 26.3. The number of aromatic hydroxyl groups is 2. The van der Waals surface area contributed by atoms with Crippen molar-refractivity contribution in [2.75, 3.05) is 0 Å². The predicted octanol–water partition coefficient (Wildman–Crippen LogP) is 8.46. The molecule has 0 aliphatic rings. The summed E-state index contributed by atoms with van der Waals surface area (Å²) in [7, 11) is 0. The molecule has 0 aliphatic carbocycles. The van der Waals surface area contributed by atoms with E-state index >= 15 is 0 Å². The maximum Gasteiger partial charge on any atom is 0.115 e. The van der Waals surface area contributed by atoms with Crippen molar-refractivity contribution in [1.29, 1.82) is 0 Å². The number of benzene rings is 2. The second kappa shape index (κ2) is 10.8. The summed E-state index contributed by atoms with van der Waals surface area (Å²) in [5, 5.41) is 21.2. The van der Waals surface area contributed by atoms with Crippen molar-refractivity contribution < 1.29 is 10.2 Å². The molecule has 4 unspecified atom stereocenters. The third-order valence-electron chi connectivity index (χ3n) is 8.89. The molecule has 2 aromatic rings. The molecule has 0 heterocycles. The largest absolute Gasteiger partial charge is 0.508 e. The minimum Gasteiger partial charge on any atom is -0.508 e. The Labute approximate surface area is 197 Å². The molecule has 2 heteroatoms. The first-order chi connectivity index (χ1) is 15.2. The Morgan fingerprint density at radius 2 is 0.844 bits per heavy atom. The molecule has 2 N–H and O–H groups in total. The molecule has 0 bridgehead atoms. The molecular weight excluding hydrogens is 392 g/mol. The van der Waals surface area contributed by atoms with Crippen molar-refractivity contribution in [3.63, 3.8) is 0 Å². The van der Waals surface area contributed by atoms with Crippen LogP contribution in [0.2, 0.25) is 0 Å². The highest BCUT2D eigenvalue weighted by Crippen LogP contribution is 2.63. The quantitative estimate of drug-likeness (QED) is 0.369. The summed E-state index contributed by atoms with van der Waals surface area (Å²) >= 11 is 0. The molecule has 2 rings (SSSR count). The Hall–Kier alpha value is -1.96. The summed E-state index contributed by atoms with van der Waals surface area (Å²) in [6, 6.07) is 16.1. The number of hydrogen-bond acceptors (Lipinski definition) is 2. The molecule has 2 aromatic carbocycles. The van der Waals surface area contributed by atoms with Gasteiger partial charge in [0.25, 0.3) is 0 Å². The van der Waals surface area contributed by atoms with Gasteiger partial charge in [0.15, 0.2) is 0 Å².